The number of aromatic nitrogens is 1. The van der Waals surface area contributed by atoms with Gasteiger partial charge >= 0.3 is 0 Å². The first-order valence-corrected chi connectivity index (χ1v) is 8.31. The first-order chi connectivity index (χ1) is 12.7. The Hall–Kier alpha value is -3.28. The summed E-state index contributed by atoms with van der Waals surface area (Å²) in [6.07, 6.45) is 3.68. The van der Waals surface area contributed by atoms with Crippen molar-refractivity contribution in [2.45, 2.75) is 13.5 Å². The van der Waals surface area contributed by atoms with Crippen LogP contribution < -0.4 is 14.9 Å². The molecule has 3 rings (SSSR count). The van der Waals surface area contributed by atoms with E-state index in [-0.39, 0.29) is 5.91 Å². The normalized spacial score (nSPS) is 11.0. The van der Waals surface area contributed by atoms with Gasteiger partial charge in [0.15, 0.2) is 0 Å². The molecule has 1 amide bonds. The Morgan fingerprint density at radius 2 is 2.00 bits per heavy atom. The fourth-order valence-corrected chi connectivity index (χ4v) is 2.85. The average Bonchev–Trinajstić information content (AvgIpc) is 3.05. The van der Waals surface area contributed by atoms with Crippen molar-refractivity contribution in [3.63, 3.8) is 0 Å². The molecule has 0 saturated heterocycles. The molecule has 0 aliphatic carbocycles. The first-order valence-electron chi connectivity index (χ1n) is 8.31. The zero-order valence-electron chi connectivity index (χ0n) is 15.0. The quantitative estimate of drug-likeness (QED) is 0.546. The summed E-state index contributed by atoms with van der Waals surface area (Å²) in [6, 6.07) is 13.1. The second kappa shape index (κ2) is 7.74. The highest BCUT2D eigenvalue weighted by Crippen LogP contribution is 2.24. The van der Waals surface area contributed by atoms with E-state index in [0.717, 1.165) is 23.0 Å². The van der Waals surface area contributed by atoms with Crippen LogP contribution in [0.3, 0.4) is 0 Å². The number of nitrogens with zero attached hydrogens (tertiary/aromatic N) is 2. The Kier molecular flexibility index (Phi) is 5.22. The van der Waals surface area contributed by atoms with Gasteiger partial charge in [0.2, 0.25) is 0 Å². The molecule has 1 heterocycles. The van der Waals surface area contributed by atoms with Crippen molar-refractivity contribution >= 4 is 23.0 Å². The molecule has 0 fully saturated rings. The van der Waals surface area contributed by atoms with Gasteiger partial charge in [-0.1, -0.05) is 18.2 Å². The summed E-state index contributed by atoms with van der Waals surface area (Å²) in [5.74, 6) is 0.703. The number of carbonyl (C=O) groups is 1. The number of rotatable bonds is 6. The number of hydrogen-bond donors (Lipinski definition) is 1. The van der Waals surface area contributed by atoms with Crippen molar-refractivity contribution in [2.24, 2.45) is 5.10 Å². The number of hydrogen-bond acceptors (Lipinski definition) is 4. The second-order valence-electron chi connectivity index (χ2n) is 5.65. The predicted molar refractivity (Wildman–Crippen MR) is 102 cm³/mol. The Morgan fingerprint density at radius 1 is 1.19 bits per heavy atom. The minimum atomic E-state index is -0.347. The Labute approximate surface area is 152 Å². The van der Waals surface area contributed by atoms with Gasteiger partial charge in [-0.15, -0.1) is 0 Å². The number of ether oxygens (including phenoxy) is 2. The van der Waals surface area contributed by atoms with E-state index in [9.17, 15) is 4.79 Å². The highest BCUT2D eigenvalue weighted by atomic mass is 16.5. The highest BCUT2D eigenvalue weighted by molar-refractivity contribution is 6.01. The number of benzene rings is 2. The third-order valence-electron chi connectivity index (χ3n) is 4.18. The lowest BCUT2D eigenvalue weighted by Crippen LogP contribution is -2.18. The molecule has 6 heteroatoms. The van der Waals surface area contributed by atoms with Crippen molar-refractivity contribution in [2.75, 3.05) is 14.2 Å². The fourth-order valence-electron chi connectivity index (χ4n) is 2.85. The van der Waals surface area contributed by atoms with Gasteiger partial charge in [0.05, 0.1) is 26.0 Å². The summed E-state index contributed by atoms with van der Waals surface area (Å²) in [5, 5.41) is 5.20. The third-order valence-corrected chi connectivity index (χ3v) is 4.18. The van der Waals surface area contributed by atoms with Gasteiger partial charge in [0.1, 0.15) is 11.5 Å². The van der Waals surface area contributed by atoms with Crippen molar-refractivity contribution in [3.05, 3.63) is 59.8 Å². The number of para-hydroxylation sites is 1. The van der Waals surface area contributed by atoms with E-state index in [1.54, 1.807) is 31.5 Å². The summed E-state index contributed by atoms with van der Waals surface area (Å²) in [5.41, 5.74) is 5.03. The van der Waals surface area contributed by atoms with Crippen LogP contribution in [0.15, 0.2) is 53.8 Å². The standard InChI is InChI=1S/C20H21N3O3/c1-4-23-13-14(16-7-5-6-8-18(16)23)12-21-22-20(24)17-10-9-15(25-2)11-19(17)26-3/h5-13H,4H2,1-3H3,(H,22,24)/b21-12-. The van der Waals surface area contributed by atoms with Gasteiger partial charge in [-0.2, -0.15) is 5.10 Å². The maximum absolute atomic E-state index is 12.4. The molecule has 26 heavy (non-hydrogen) atoms. The second-order valence-corrected chi connectivity index (χ2v) is 5.65. The van der Waals surface area contributed by atoms with Crippen molar-refractivity contribution in [1.82, 2.24) is 9.99 Å². The monoisotopic (exact) mass is 351 g/mol. The van der Waals surface area contributed by atoms with Crippen LogP contribution in [0.4, 0.5) is 0 Å². The lowest BCUT2D eigenvalue weighted by Gasteiger charge is -2.08. The van der Waals surface area contributed by atoms with Crippen molar-refractivity contribution in [3.8, 4) is 11.5 Å². The number of carbonyl (C=O) groups excluding carboxylic acids is 1. The summed E-state index contributed by atoms with van der Waals surface area (Å²) in [4.78, 5) is 12.4. The molecule has 0 radical (unpaired) electrons. The van der Waals surface area contributed by atoms with Crippen molar-refractivity contribution in [1.29, 1.82) is 0 Å². The number of fused-ring (bicyclic) bond motifs is 1. The van der Waals surface area contributed by atoms with E-state index in [1.165, 1.54) is 7.11 Å². The first kappa shape index (κ1) is 17.5. The molecule has 0 spiro atoms. The lowest BCUT2D eigenvalue weighted by atomic mass is 10.2. The predicted octanol–water partition coefficient (Wildman–Crippen LogP) is 3.44. The van der Waals surface area contributed by atoms with Crippen LogP contribution >= 0.6 is 0 Å². The van der Waals surface area contributed by atoms with Gasteiger partial charge in [0.25, 0.3) is 5.91 Å². The molecular formula is C20H21N3O3. The van der Waals surface area contributed by atoms with Crippen LogP contribution in [0.1, 0.15) is 22.8 Å². The van der Waals surface area contributed by atoms with E-state index in [0.29, 0.717) is 17.1 Å². The van der Waals surface area contributed by atoms with E-state index in [1.807, 2.05) is 24.4 Å². The summed E-state index contributed by atoms with van der Waals surface area (Å²) < 4.78 is 12.5. The van der Waals surface area contributed by atoms with Gasteiger partial charge in [-0.05, 0) is 25.1 Å². The van der Waals surface area contributed by atoms with Gasteiger partial charge < -0.3 is 14.0 Å². The van der Waals surface area contributed by atoms with Crippen LogP contribution in [-0.2, 0) is 6.54 Å². The Morgan fingerprint density at radius 3 is 2.73 bits per heavy atom. The molecule has 0 unspecified atom stereocenters. The molecule has 1 aromatic heterocycles. The fraction of sp³-hybridized carbons (Fsp3) is 0.200. The van der Waals surface area contributed by atoms with E-state index < -0.39 is 0 Å². The summed E-state index contributed by atoms with van der Waals surface area (Å²) in [7, 11) is 3.07. The van der Waals surface area contributed by atoms with Crippen molar-refractivity contribution < 1.29 is 14.3 Å². The van der Waals surface area contributed by atoms with E-state index >= 15 is 0 Å². The van der Waals surface area contributed by atoms with E-state index in [2.05, 4.69) is 28.1 Å². The molecule has 3 aromatic rings. The summed E-state index contributed by atoms with van der Waals surface area (Å²) >= 11 is 0. The Balaban J connectivity index is 1.80. The molecular weight excluding hydrogens is 330 g/mol. The summed E-state index contributed by atoms with van der Waals surface area (Å²) in [6.45, 7) is 2.95. The van der Waals surface area contributed by atoms with Gasteiger partial charge in [-0.25, -0.2) is 5.43 Å². The van der Waals surface area contributed by atoms with Crippen LogP contribution in [0.25, 0.3) is 10.9 Å². The van der Waals surface area contributed by atoms with Crippen LogP contribution in [-0.4, -0.2) is 30.9 Å². The molecule has 0 aliphatic rings. The van der Waals surface area contributed by atoms with Crippen LogP contribution in [0, 0.1) is 0 Å². The molecule has 2 aromatic carbocycles. The minimum Gasteiger partial charge on any atom is -0.497 e. The lowest BCUT2D eigenvalue weighted by molar-refractivity contribution is 0.0952. The molecule has 134 valence electrons. The van der Waals surface area contributed by atoms with Gasteiger partial charge in [-0.3, -0.25) is 4.79 Å². The number of amides is 1. The maximum atomic E-state index is 12.4. The molecule has 0 bridgehead atoms. The minimum absolute atomic E-state index is 0.347. The molecule has 6 nitrogen and oxygen atoms in total. The third kappa shape index (κ3) is 3.39. The highest BCUT2D eigenvalue weighted by Gasteiger charge is 2.13. The number of hydrazone groups is 1. The van der Waals surface area contributed by atoms with E-state index in [4.69, 9.17) is 9.47 Å². The number of nitrogens with one attached hydrogen (secondary N) is 1. The topological polar surface area (TPSA) is 64.9 Å². The molecule has 0 atom stereocenters. The van der Waals surface area contributed by atoms with Crippen LogP contribution in [0.2, 0.25) is 0 Å². The number of aryl methyl sites for hydroxylation is 1. The largest absolute Gasteiger partial charge is 0.497 e. The number of methoxy groups -OCH3 is 2. The smallest absolute Gasteiger partial charge is 0.275 e. The molecule has 0 aliphatic heterocycles. The maximum Gasteiger partial charge on any atom is 0.275 e. The average molecular weight is 351 g/mol. The molecule has 1 N–H and O–H groups in total. The zero-order chi connectivity index (χ0) is 18.5. The molecule has 0 saturated carbocycles. The zero-order valence-corrected chi connectivity index (χ0v) is 15.0. The van der Waals surface area contributed by atoms with Crippen LogP contribution in [0.5, 0.6) is 11.5 Å². The Bertz CT molecular complexity index is 960. The SMILES string of the molecule is CCn1cc(/C=N\NC(=O)c2ccc(OC)cc2OC)c2ccccc21. The van der Waals surface area contributed by atoms with Gasteiger partial charge in [0, 0.05) is 35.3 Å².